The molecule has 0 saturated heterocycles. The van der Waals surface area contributed by atoms with E-state index in [0.29, 0.717) is 23.5 Å². The molecule has 7 nitrogen and oxygen atoms in total. The zero-order valence-electron chi connectivity index (χ0n) is 11.6. The molecule has 0 radical (unpaired) electrons. The van der Waals surface area contributed by atoms with Crippen LogP contribution < -0.4 is 5.32 Å². The molecular formula is C14H15N5O2. The van der Waals surface area contributed by atoms with Gasteiger partial charge in [0.15, 0.2) is 5.82 Å². The Morgan fingerprint density at radius 1 is 1.43 bits per heavy atom. The van der Waals surface area contributed by atoms with Crippen molar-refractivity contribution in [1.82, 2.24) is 25.1 Å². The molecule has 0 aliphatic rings. The number of hydrogen-bond donors (Lipinski definition) is 2. The number of nitrogens with zero attached hydrogens (tertiary/aromatic N) is 4. The molecule has 0 fully saturated rings. The Kier molecular flexibility index (Phi) is 5.01. The van der Waals surface area contributed by atoms with Gasteiger partial charge >= 0.3 is 0 Å². The molecule has 1 amide bonds. The molecular weight excluding hydrogens is 270 g/mol. The quantitative estimate of drug-likeness (QED) is 0.764. The highest BCUT2D eigenvalue weighted by atomic mass is 16.2. The molecule has 0 spiro atoms. The van der Waals surface area contributed by atoms with Crippen molar-refractivity contribution in [2.45, 2.75) is 13.0 Å². The van der Waals surface area contributed by atoms with Crippen LogP contribution in [-0.2, 0) is 13.6 Å². The predicted molar refractivity (Wildman–Crippen MR) is 75.0 cm³/mol. The van der Waals surface area contributed by atoms with Crippen molar-refractivity contribution < 1.29 is 9.90 Å². The molecule has 0 unspecified atom stereocenters. The molecule has 2 aromatic rings. The van der Waals surface area contributed by atoms with Crippen molar-refractivity contribution in [3.63, 3.8) is 0 Å². The van der Waals surface area contributed by atoms with Crippen molar-refractivity contribution >= 4 is 5.91 Å². The van der Waals surface area contributed by atoms with Crippen molar-refractivity contribution in [1.29, 1.82) is 0 Å². The average Bonchev–Trinajstić information content (AvgIpc) is 2.91. The maximum atomic E-state index is 11.9. The fourth-order valence-electron chi connectivity index (χ4n) is 1.54. The van der Waals surface area contributed by atoms with Crippen LogP contribution in [-0.4, -0.2) is 37.4 Å². The summed E-state index contributed by atoms with van der Waals surface area (Å²) in [5.41, 5.74) is 1.00. The van der Waals surface area contributed by atoms with E-state index in [1.807, 2.05) is 0 Å². The van der Waals surface area contributed by atoms with Crippen LogP contribution >= 0.6 is 0 Å². The Balaban J connectivity index is 1.92. The largest absolute Gasteiger partial charge is 0.395 e. The van der Waals surface area contributed by atoms with E-state index < -0.39 is 0 Å². The average molecular weight is 285 g/mol. The van der Waals surface area contributed by atoms with Gasteiger partial charge in [-0.3, -0.25) is 9.48 Å². The van der Waals surface area contributed by atoms with E-state index in [-0.39, 0.29) is 19.1 Å². The smallest absolute Gasteiger partial charge is 0.270 e. The normalized spacial score (nSPS) is 9.81. The van der Waals surface area contributed by atoms with E-state index in [0.717, 1.165) is 0 Å². The third-order valence-electron chi connectivity index (χ3n) is 2.52. The molecule has 2 rings (SSSR count). The fourth-order valence-corrected chi connectivity index (χ4v) is 1.54. The molecule has 0 saturated carbocycles. The van der Waals surface area contributed by atoms with E-state index in [2.05, 4.69) is 32.2 Å². The van der Waals surface area contributed by atoms with Gasteiger partial charge in [0.1, 0.15) is 12.0 Å². The van der Waals surface area contributed by atoms with E-state index in [1.165, 1.54) is 6.20 Å². The minimum Gasteiger partial charge on any atom is -0.395 e. The van der Waals surface area contributed by atoms with Crippen LogP contribution in [0.2, 0.25) is 0 Å². The minimum absolute atomic E-state index is 0.0302. The van der Waals surface area contributed by atoms with Crippen LogP contribution in [0.4, 0.5) is 0 Å². The molecule has 0 aliphatic heterocycles. The zero-order valence-corrected chi connectivity index (χ0v) is 11.6. The fraction of sp³-hybridized carbons (Fsp3) is 0.286. The summed E-state index contributed by atoms with van der Waals surface area (Å²) in [4.78, 5) is 20.0. The Morgan fingerprint density at radius 3 is 2.90 bits per heavy atom. The third-order valence-corrected chi connectivity index (χ3v) is 2.52. The number of hydrogen-bond acceptors (Lipinski definition) is 5. The number of aromatic nitrogens is 4. The second-order valence-corrected chi connectivity index (χ2v) is 4.22. The van der Waals surface area contributed by atoms with Crippen molar-refractivity contribution in [3.8, 4) is 11.8 Å². The number of amides is 1. The lowest BCUT2D eigenvalue weighted by Gasteiger charge is -2.01. The minimum atomic E-state index is -0.294. The Bertz CT molecular complexity index is 667. The van der Waals surface area contributed by atoms with Crippen molar-refractivity contribution in [3.05, 3.63) is 41.7 Å². The lowest BCUT2D eigenvalue weighted by Crippen LogP contribution is -2.24. The number of carbonyl (C=O) groups excluding carboxylic acids is 1. The molecule has 0 aliphatic carbocycles. The molecule has 0 atom stereocenters. The summed E-state index contributed by atoms with van der Waals surface area (Å²) in [5, 5.41) is 15.4. The summed E-state index contributed by atoms with van der Waals surface area (Å²) in [6.07, 6.45) is 3.51. The molecule has 0 aromatic carbocycles. The van der Waals surface area contributed by atoms with Gasteiger partial charge in [-0.15, -0.1) is 0 Å². The Morgan fingerprint density at radius 2 is 2.29 bits per heavy atom. The number of aryl methyl sites for hydroxylation is 1. The molecule has 2 N–H and O–H groups in total. The highest BCUT2D eigenvalue weighted by Crippen LogP contribution is 1.99. The van der Waals surface area contributed by atoms with Gasteiger partial charge in [-0.05, 0) is 12.1 Å². The number of aliphatic hydroxyl groups excluding tert-OH is 1. The summed E-state index contributed by atoms with van der Waals surface area (Å²) in [7, 11) is 1.76. The molecule has 21 heavy (non-hydrogen) atoms. The summed E-state index contributed by atoms with van der Waals surface area (Å²) >= 11 is 0. The van der Waals surface area contributed by atoms with Crippen LogP contribution in [0.25, 0.3) is 0 Å². The first-order valence-corrected chi connectivity index (χ1v) is 6.37. The van der Waals surface area contributed by atoms with Gasteiger partial charge in [0.25, 0.3) is 5.91 Å². The number of aliphatic hydroxyl groups is 1. The standard InChI is InChI=1S/C14H15N5O2/c1-19-10-17-13(18-19)9-16-14(21)12-6-5-11(8-15-12)4-2-3-7-20/h5-6,8,10,20H,3,7,9H2,1H3,(H,16,21). The zero-order chi connectivity index (χ0) is 15.1. The van der Waals surface area contributed by atoms with Crippen LogP contribution in [0, 0.1) is 11.8 Å². The van der Waals surface area contributed by atoms with Gasteiger partial charge < -0.3 is 10.4 Å². The van der Waals surface area contributed by atoms with Crippen LogP contribution in [0.15, 0.2) is 24.7 Å². The number of nitrogens with one attached hydrogen (secondary N) is 1. The lowest BCUT2D eigenvalue weighted by molar-refractivity contribution is 0.0945. The van der Waals surface area contributed by atoms with Gasteiger partial charge in [-0.2, -0.15) is 5.10 Å². The van der Waals surface area contributed by atoms with E-state index >= 15 is 0 Å². The monoisotopic (exact) mass is 285 g/mol. The van der Waals surface area contributed by atoms with Gasteiger partial charge in [-0.25, -0.2) is 9.97 Å². The second kappa shape index (κ2) is 7.17. The molecule has 0 bridgehead atoms. The van der Waals surface area contributed by atoms with Crippen molar-refractivity contribution in [2.24, 2.45) is 7.05 Å². The predicted octanol–water partition coefficient (Wildman–Crippen LogP) is -0.126. The van der Waals surface area contributed by atoms with Crippen LogP contribution in [0.3, 0.4) is 0 Å². The summed E-state index contributed by atoms with van der Waals surface area (Å²) < 4.78 is 1.57. The van der Waals surface area contributed by atoms with Gasteiger partial charge in [0.2, 0.25) is 0 Å². The first kappa shape index (κ1) is 14.7. The summed E-state index contributed by atoms with van der Waals surface area (Å²) in [6, 6.07) is 3.31. The maximum Gasteiger partial charge on any atom is 0.270 e. The Labute approximate surface area is 122 Å². The van der Waals surface area contributed by atoms with Gasteiger partial charge in [0, 0.05) is 25.2 Å². The van der Waals surface area contributed by atoms with E-state index in [4.69, 9.17) is 5.11 Å². The molecule has 2 heterocycles. The number of rotatable bonds is 4. The first-order valence-electron chi connectivity index (χ1n) is 6.37. The molecule has 2 aromatic heterocycles. The highest BCUT2D eigenvalue weighted by Gasteiger charge is 2.07. The summed E-state index contributed by atoms with van der Waals surface area (Å²) in [5.74, 6) is 5.88. The second-order valence-electron chi connectivity index (χ2n) is 4.22. The van der Waals surface area contributed by atoms with Crippen LogP contribution in [0.1, 0.15) is 28.3 Å². The Hall–Kier alpha value is -2.72. The molecule has 7 heteroatoms. The molecule has 108 valence electrons. The van der Waals surface area contributed by atoms with Gasteiger partial charge in [0.05, 0.1) is 13.2 Å². The topological polar surface area (TPSA) is 92.9 Å². The van der Waals surface area contributed by atoms with E-state index in [1.54, 1.807) is 30.2 Å². The summed E-state index contributed by atoms with van der Waals surface area (Å²) in [6.45, 7) is 0.280. The SMILES string of the molecule is Cn1cnc(CNC(=O)c2ccc(C#CCCO)cn2)n1. The van der Waals surface area contributed by atoms with E-state index in [9.17, 15) is 4.79 Å². The highest BCUT2D eigenvalue weighted by molar-refractivity contribution is 5.92. The number of pyridine rings is 1. The van der Waals surface area contributed by atoms with Crippen LogP contribution in [0.5, 0.6) is 0 Å². The maximum absolute atomic E-state index is 11.9. The third kappa shape index (κ3) is 4.40. The van der Waals surface area contributed by atoms with Gasteiger partial charge in [-0.1, -0.05) is 11.8 Å². The number of carbonyl (C=O) groups is 1. The van der Waals surface area contributed by atoms with Crippen molar-refractivity contribution in [2.75, 3.05) is 6.61 Å². The lowest BCUT2D eigenvalue weighted by atomic mass is 10.2. The first-order chi connectivity index (χ1) is 10.2.